The van der Waals surface area contributed by atoms with Gasteiger partial charge in [-0.3, -0.25) is 0 Å². The van der Waals surface area contributed by atoms with Crippen molar-refractivity contribution in [1.82, 2.24) is 4.57 Å². The Labute approximate surface area is 97.1 Å². The second-order valence-electron chi connectivity index (χ2n) is 4.50. The normalized spacial score (nSPS) is 11.2. The van der Waals surface area contributed by atoms with Crippen LogP contribution >= 0.6 is 0 Å². The van der Waals surface area contributed by atoms with E-state index in [4.69, 9.17) is 5.73 Å². The predicted octanol–water partition coefficient (Wildman–Crippen LogP) is 2.77. The van der Waals surface area contributed by atoms with Gasteiger partial charge in [0.1, 0.15) is 0 Å². The Kier molecular flexibility index (Phi) is 3.30. The van der Waals surface area contributed by atoms with Crippen molar-refractivity contribution < 1.29 is 0 Å². The zero-order valence-corrected chi connectivity index (χ0v) is 10.2. The van der Waals surface area contributed by atoms with Crippen LogP contribution in [0.5, 0.6) is 0 Å². The van der Waals surface area contributed by atoms with Crippen molar-refractivity contribution in [2.45, 2.75) is 26.2 Å². The zero-order chi connectivity index (χ0) is 11.5. The number of hydrogen-bond donors (Lipinski definition) is 1. The van der Waals surface area contributed by atoms with E-state index in [2.05, 4.69) is 42.8 Å². The van der Waals surface area contributed by atoms with Crippen molar-refractivity contribution in [2.24, 2.45) is 12.8 Å². The van der Waals surface area contributed by atoms with Gasteiger partial charge in [-0.05, 0) is 55.8 Å². The molecule has 2 heteroatoms. The van der Waals surface area contributed by atoms with Crippen molar-refractivity contribution >= 4 is 10.9 Å². The number of unbranched alkanes of at least 4 members (excludes halogenated alkanes) is 1. The second kappa shape index (κ2) is 4.71. The van der Waals surface area contributed by atoms with Crippen LogP contribution in [-0.4, -0.2) is 11.1 Å². The Morgan fingerprint density at radius 2 is 2.00 bits per heavy atom. The fourth-order valence-corrected chi connectivity index (χ4v) is 2.19. The minimum Gasteiger partial charge on any atom is -0.348 e. The highest BCUT2D eigenvalue weighted by Crippen LogP contribution is 2.21. The van der Waals surface area contributed by atoms with Gasteiger partial charge in [0.15, 0.2) is 0 Å². The molecule has 0 aliphatic heterocycles. The van der Waals surface area contributed by atoms with E-state index >= 15 is 0 Å². The molecule has 0 aliphatic carbocycles. The SMILES string of the molecule is Cc1ccc2cc(CCCCN)n(C)c2c1. The van der Waals surface area contributed by atoms with Crippen LogP contribution in [0, 0.1) is 6.92 Å². The Morgan fingerprint density at radius 1 is 1.19 bits per heavy atom. The van der Waals surface area contributed by atoms with Crippen LogP contribution in [0.4, 0.5) is 0 Å². The molecule has 2 N–H and O–H groups in total. The summed E-state index contributed by atoms with van der Waals surface area (Å²) < 4.78 is 2.30. The van der Waals surface area contributed by atoms with Gasteiger partial charge in [-0.2, -0.15) is 0 Å². The average Bonchev–Trinajstić information content (AvgIpc) is 2.57. The molecule has 1 aromatic carbocycles. The molecule has 1 heterocycles. The molecule has 0 aliphatic rings. The number of fused-ring (bicyclic) bond motifs is 1. The van der Waals surface area contributed by atoms with E-state index in [-0.39, 0.29) is 0 Å². The number of aromatic nitrogens is 1. The number of benzene rings is 1. The zero-order valence-electron chi connectivity index (χ0n) is 10.2. The van der Waals surface area contributed by atoms with E-state index in [1.54, 1.807) is 0 Å². The molecule has 2 aromatic rings. The molecule has 1 aromatic heterocycles. The lowest BCUT2D eigenvalue weighted by Gasteiger charge is -2.03. The van der Waals surface area contributed by atoms with Gasteiger partial charge in [0.05, 0.1) is 0 Å². The van der Waals surface area contributed by atoms with E-state index in [9.17, 15) is 0 Å². The molecule has 2 rings (SSSR count). The van der Waals surface area contributed by atoms with E-state index in [0.29, 0.717) is 0 Å². The van der Waals surface area contributed by atoms with E-state index < -0.39 is 0 Å². The molecule has 0 spiro atoms. The van der Waals surface area contributed by atoms with Crippen LogP contribution in [0.2, 0.25) is 0 Å². The molecule has 0 bridgehead atoms. The topological polar surface area (TPSA) is 30.9 Å². The largest absolute Gasteiger partial charge is 0.348 e. The molecular weight excluding hydrogens is 196 g/mol. The highest BCUT2D eigenvalue weighted by Gasteiger charge is 2.05. The first kappa shape index (κ1) is 11.2. The molecule has 0 amide bonds. The third-order valence-corrected chi connectivity index (χ3v) is 3.19. The van der Waals surface area contributed by atoms with Crippen LogP contribution < -0.4 is 5.73 Å². The lowest BCUT2D eigenvalue weighted by molar-refractivity contribution is 0.711. The van der Waals surface area contributed by atoms with Crippen LogP contribution in [-0.2, 0) is 13.5 Å². The van der Waals surface area contributed by atoms with Crippen molar-refractivity contribution in [3.05, 3.63) is 35.5 Å². The quantitative estimate of drug-likeness (QED) is 0.783. The number of nitrogens with zero attached hydrogens (tertiary/aromatic N) is 1. The summed E-state index contributed by atoms with van der Waals surface area (Å²) >= 11 is 0. The molecule has 16 heavy (non-hydrogen) atoms. The van der Waals surface area contributed by atoms with Crippen molar-refractivity contribution in [3.8, 4) is 0 Å². The highest BCUT2D eigenvalue weighted by molar-refractivity contribution is 5.81. The minimum absolute atomic E-state index is 0.795. The number of nitrogens with two attached hydrogens (primary N) is 1. The number of hydrogen-bond acceptors (Lipinski definition) is 1. The minimum atomic E-state index is 0.795. The van der Waals surface area contributed by atoms with Crippen molar-refractivity contribution in [2.75, 3.05) is 6.54 Å². The fourth-order valence-electron chi connectivity index (χ4n) is 2.19. The van der Waals surface area contributed by atoms with E-state index in [1.165, 1.54) is 28.6 Å². The van der Waals surface area contributed by atoms with E-state index in [1.807, 2.05) is 0 Å². The standard InChI is InChI=1S/C14H20N2/c1-11-6-7-12-10-13(5-3-4-8-15)16(2)14(12)9-11/h6-7,9-10H,3-5,8,15H2,1-2H3. The first-order valence-corrected chi connectivity index (χ1v) is 5.97. The molecule has 0 saturated heterocycles. The molecule has 0 radical (unpaired) electrons. The van der Waals surface area contributed by atoms with Gasteiger partial charge in [0.2, 0.25) is 0 Å². The molecule has 86 valence electrons. The Bertz CT molecular complexity index is 483. The maximum Gasteiger partial charge on any atom is 0.0482 e. The summed E-state index contributed by atoms with van der Waals surface area (Å²) in [5.41, 5.74) is 9.59. The molecule has 2 nitrogen and oxygen atoms in total. The summed E-state index contributed by atoms with van der Waals surface area (Å²) in [5.74, 6) is 0. The van der Waals surface area contributed by atoms with Gasteiger partial charge in [-0.1, -0.05) is 12.1 Å². The van der Waals surface area contributed by atoms with Gasteiger partial charge < -0.3 is 10.3 Å². The Hall–Kier alpha value is -1.28. The number of aryl methyl sites for hydroxylation is 3. The molecular formula is C14H20N2. The Balaban J connectivity index is 2.29. The summed E-state index contributed by atoms with van der Waals surface area (Å²) in [6, 6.07) is 8.93. The maximum atomic E-state index is 5.52. The summed E-state index contributed by atoms with van der Waals surface area (Å²) in [6.45, 7) is 2.93. The summed E-state index contributed by atoms with van der Waals surface area (Å²) in [5, 5.41) is 1.34. The van der Waals surface area contributed by atoms with Crippen LogP contribution in [0.3, 0.4) is 0 Å². The van der Waals surface area contributed by atoms with Gasteiger partial charge in [0.25, 0.3) is 0 Å². The van der Waals surface area contributed by atoms with Crippen LogP contribution in [0.15, 0.2) is 24.3 Å². The first-order chi connectivity index (χ1) is 7.72. The molecule has 0 atom stereocenters. The van der Waals surface area contributed by atoms with Crippen molar-refractivity contribution in [1.29, 1.82) is 0 Å². The monoisotopic (exact) mass is 216 g/mol. The predicted molar refractivity (Wildman–Crippen MR) is 69.6 cm³/mol. The molecule has 0 fully saturated rings. The third kappa shape index (κ3) is 2.12. The van der Waals surface area contributed by atoms with Gasteiger partial charge in [0, 0.05) is 18.3 Å². The second-order valence-corrected chi connectivity index (χ2v) is 4.50. The van der Waals surface area contributed by atoms with Crippen LogP contribution in [0.25, 0.3) is 10.9 Å². The first-order valence-electron chi connectivity index (χ1n) is 5.97. The summed E-state index contributed by atoms with van der Waals surface area (Å²) in [7, 11) is 2.15. The van der Waals surface area contributed by atoms with Crippen molar-refractivity contribution in [3.63, 3.8) is 0 Å². The van der Waals surface area contributed by atoms with Gasteiger partial charge >= 0.3 is 0 Å². The molecule has 0 saturated carbocycles. The van der Waals surface area contributed by atoms with Gasteiger partial charge in [-0.15, -0.1) is 0 Å². The smallest absolute Gasteiger partial charge is 0.0482 e. The van der Waals surface area contributed by atoms with E-state index in [0.717, 1.165) is 19.4 Å². The van der Waals surface area contributed by atoms with Crippen LogP contribution in [0.1, 0.15) is 24.1 Å². The maximum absolute atomic E-state index is 5.52. The average molecular weight is 216 g/mol. The third-order valence-electron chi connectivity index (χ3n) is 3.19. The Morgan fingerprint density at radius 3 is 2.75 bits per heavy atom. The highest BCUT2D eigenvalue weighted by atomic mass is 14.9. The number of rotatable bonds is 4. The van der Waals surface area contributed by atoms with Gasteiger partial charge in [-0.25, -0.2) is 0 Å². The lowest BCUT2D eigenvalue weighted by atomic mass is 10.1. The summed E-state index contributed by atoms with van der Waals surface area (Å²) in [4.78, 5) is 0. The fraction of sp³-hybridized carbons (Fsp3) is 0.429. The molecule has 0 unspecified atom stereocenters. The lowest BCUT2D eigenvalue weighted by Crippen LogP contribution is -2.01. The summed E-state index contributed by atoms with van der Waals surface area (Å²) in [6.07, 6.45) is 3.42.